The van der Waals surface area contributed by atoms with Gasteiger partial charge in [-0.2, -0.15) is 0 Å². The standard InChI is InChI=1S/C18H33N3/c1-6-21(14-10-13-20(4)5)15-16(2)18(19-3)17-11-8-7-9-12-17/h7-9,11-12,16,18-19H,6,10,13-15H2,1-5H3. The summed E-state index contributed by atoms with van der Waals surface area (Å²) in [6.45, 7) is 9.23. The summed E-state index contributed by atoms with van der Waals surface area (Å²) in [5.41, 5.74) is 1.39. The Kier molecular flexibility index (Phi) is 8.58. The highest BCUT2D eigenvalue weighted by molar-refractivity contribution is 5.19. The second-order valence-electron chi connectivity index (χ2n) is 6.20. The number of hydrogen-bond donors (Lipinski definition) is 1. The van der Waals surface area contributed by atoms with E-state index in [2.05, 4.69) is 80.4 Å². The molecule has 2 atom stereocenters. The molecule has 0 saturated heterocycles. The van der Waals surface area contributed by atoms with E-state index in [1.807, 2.05) is 0 Å². The van der Waals surface area contributed by atoms with Crippen LogP contribution in [0.4, 0.5) is 0 Å². The molecule has 0 heterocycles. The summed E-state index contributed by atoms with van der Waals surface area (Å²) < 4.78 is 0. The first-order valence-corrected chi connectivity index (χ1v) is 8.17. The molecule has 21 heavy (non-hydrogen) atoms. The average Bonchev–Trinajstić information content (AvgIpc) is 2.47. The molecular weight excluding hydrogens is 258 g/mol. The minimum Gasteiger partial charge on any atom is -0.313 e. The molecule has 1 rings (SSSR count). The van der Waals surface area contributed by atoms with Gasteiger partial charge in [-0.05, 0) is 58.7 Å². The molecule has 0 bridgehead atoms. The number of benzene rings is 1. The van der Waals surface area contributed by atoms with Gasteiger partial charge in [0.25, 0.3) is 0 Å². The van der Waals surface area contributed by atoms with Crippen LogP contribution in [-0.4, -0.2) is 57.1 Å². The summed E-state index contributed by atoms with van der Waals surface area (Å²) in [6, 6.07) is 11.2. The molecule has 1 N–H and O–H groups in total. The lowest BCUT2D eigenvalue weighted by molar-refractivity contribution is 0.213. The van der Waals surface area contributed by atoms with Gasteiger partial charge in [-0.25, -0.2) is 0 Å². The van der Waals surface area contributed by atoms with Gasteiger partial charge in [-0.3, -0.25) is 0 Å². The van der Waals surface area contributed by atoms with Gasteiger partial charge in [0, 0.05) is 12.6 Å². The molecule has 3 heteroatoms. The zero-order chi connectivity index (χ0) is 15.7. The maximum atomic E-state index is 3.49. The Morgan fingerprint density at radius 1 is 1.10 bits per heavy atom. The molecule has 0 aliphatic heterocycles. The van der Waals surface area contributed by atoms with Gasteiger partial charge in [-0.1, -0.05) is 44.2 Å². The molecule has 2 unspecified atom stereocenters. The number of hydrogen-bond acceptors (Lipinski definition) is 3. The van der Waals surface area contributed by atoms with Gasteiger partial charge in [0.05, 0.1) is 0 Å². The van der Waals surface area contributed by atoms with Crippen LogP contribution < -0.4 is 5.32 Å². The lowest BCUT2D eigenvalue weighted by atomic mass is 9.94. The van der Waals surface area contributed by atoms with Crippen LogP contribution in [0.25, 0.3) is 0 Å². The van der Waals surface area contributed by atoms with Crippen molar-refractivity contribution in [3.05, 3.63) is 35.9 Å². The van der Waals surface area contributed by atoms with E-state index in [-0.39, 0.29) is 0 Å². The lowest BCUT2D eigenvalue weighted by Gasteiger charge is -2.30. The van der Waals surface area contributed by atoms with Crippen molar-refractivity contribution >= 4 is 0 Å². The fourth-order valence-electron chi connectivity index (χ4n) is 2.94. The van der Waals surface area contributed by atoms with E-state index in [0.717, 1.165) is 13.1 Å². The van der Waals surface area contributed by atoms with Gasteiger partial charge in [-0.15, -0.1) is 0 Å². The van der Waals surface area contributed by atoms with E-state index in [1.165, 1.54) is 25.1 Å². The van der Waals surface area contributed by atoms with Crippen molar-refractivity contribution in [1.29, 1.82) is 0 Å². The van der Waals surface area contributed by atoms with Crippen LogP contribution in [-0.2, 0) is 0 Å². The number of nitrogens with zero attached hydrogens (tertiary/aromatic N) is 2. The summed E-state index contributed by atoms with van der Waals surface area (Å²) in [5, 5.41) is 3.49. The zero-order valence-electron chi connectivity index (χ0n) is 14.5. The Labute approximate surface area is 131 Å². The molecule has 120 valence electrons. The quantitative estimate of drug-likeness (QED) is 0.715. The van der Waals surface area contributed by atoms with Crippen molar-refractivity contribution < 1.29 is 0 Å². The summed E-state index contributed by atoms with van der Waals surface area (Å²) in [4.78, 5) is 4.83. The molecular formula is C18H33N3. The van der Waals surface area contributed by atoms with Crippen molar-refractivity contribution in [2.45, 2.75) is 26.3 Å². The second kappa shape index (κ2) is 9.93. The Hall–Kier alpha value is -0.900. The van der Waals surface area contributed by atoms with E-state index in [4.69, 9.17) is 0 Å². The summed E-state index contributed by atoms with van der Waals surface area (Å²) in [5.74, 6) is 0.594. The maximum Gasteiger partial charge on any atom is 0.0355 e. The fraction of sp³-hybridized carbons (Fsp3) is 0.667. The number of nitrogens with one attached hydrogen (secondary N) is 1. The monoisotopic (exact) mass is 291 g/mol. The second-order valence-corrected chi connectivity index (χ2v) is 6.20. The van der Waals surface area contributed by atoms with Crippen LogP contribution in [0.3, 0.4) is 0 Å². The van der Waals surface area contributed by atoms with Crippen LogP contribution in [0.2, 0.25) is 0 Å². The number of rotatable bonds is 10. The highest BCUT2D eigenvalue weighted by Gasteiger charge is 2.19. The molecule has 0 spiro atoms. The largest absolute Gasteiger partial charge is 0.313 e. The lowest BCUT2D eigenvalue weighted by Crippen LogP contribution is -2.36. The van der Waals surface area contributed by atoms with Crippen LogP contribution in [0.1, 0.15) is 31.9 Å². The SMILES string of the molecule is CCN(CCCN(C)C)CC(C)C(NC)c1ccccc1. The molecule has 0 fully saturated rings. The minimum atomic E-state index is 0.425. The predicted molar refractivity (Wildman–Crippen MR) is 92.7 cm³/mol. The summed E-state index contributed by atoms with van der Waals surface area (Å²) in [6.07, 6.45) is 1.24. The third-order valence-corrected chi connectivity index (χ3v) is 4.11. The molecule has 1 aromatic rings. The first-order valence-electron chi connectivity index (χ1n) is 8.17. The summed E-state index contributed by atoms with van der Waals surface area (Å²) in [7, 11) is 6.35. The van der Waals surface area contributed by atoms with Crippen LogP contribution in [0.5, 0.6) is 0 Å². The van der Waals surface area contributed by atoms with Crippen LogP contribution in [0.15, 0.2) is 30.3 Å². The normalized spacial score (nSPS) is 14.6. The molecule has 0 saturated carbocycles. The van der Waals surface area contributed by atoms with Gasteiger partial charge in [0.1, 0.15) is 0 Å². The Balaban J connectivity index is 2.53. The molecule has 0 aromatic heterocycles. The van der Waals surface area contributed by atoms with Crippen molar-refractivity contribution in [1.82, 2.24) is 15.1 Å². The smallest absolute Gasteiger partial charge is 0.0355 e. The molecule has 3 nitrogen and oxygen atoms in total. The average molecular weight is 291 g/mol. The molecule has 0 radical (unpaired) electrons. The van der Waals surface area contributed by atoms with Crippen molar-refractivity contribution in [2.75, 3.05) is 47.3 Å². The third kappa shape index (κ3) is 6.60. The molecule has 1 aromatic carbocycles. The zero-order valence-corrected chi connectivity index (χ0v) is 14.5. The van der Waals surface area contributed by atoms with E-state index in [0.29, 0.717) is 12.0 Å². The topological polar surface area (TPSA) is 18.5 Å². The van der Waals surface area contributed by atoms with Gasteiger partial charge in [0.2, 0.25) is 0 Å². The third-order valence-electron chi connectivity index (χ3n) is 4.11. The van der Waals surface area contributed by atoms with E-state index >= 15 is 0 Å². The van der Waals surface area contributed by atoms with Crippen LogP contribution >= 0.6 is 0 Å². The minimum absolute atomic E-state index is 0.425. The molecule has 0 aliphatic carbocycles. The van der Waals surface area contributed by atoms with E-state index < -0.39 is 0 Å². The van der Waals surface area contributed by atoms with Crippen molar-refractivity contribution in [3.8, 4) is 0 Å². The molecule has 0 amide bonds. The first-order chi connectivity index (χ1) is 10.1. The van der Waals surface area contributed by atoms with E-state index in [9.17, 15) is 0 Å². The van der Waals surface area contributed by atoms with Crippen molar-refractivity contribution in [3.63, 3.8) is 0 Å². The van der Waals surface area contributed by atoms with Crippen LogP contribution in [0, 0.1) is 5.92 Å². The predicted octanol–water partition coefficient (Wildman–Crippen LogP) is 2.86. The first kappa shape index (κ1) is 18.1. The van der Waals surface area contributed by atoms with Gasteiger partial charge < -0.3 is 15.1 Å². The van der Waals surface area contributed by atoms with Gasteiger partial charge in [0.15, 0.2) is 0 Å². The highest BCUT2D eigenvalue weighted by atomic mass is 15.1. The Bertz CT molecular complexity index is 364. The highest BCUT2D eigenvalue weighted by Crippen LogP contribution is 2.22. The van der Waals surface area contributed by atoms with Gasteiger partial charge >= 0.3 is 0 Å². The Morgan fingerprint density at radius 3 is 2.29 bits per heavy atom. The Morgan fingerprint density at radius 2 is 1.76 bits per heavy atom. The van der Waals surface area contributed by atoms with E-state index in [1.54, 1.807) is 0 Å². The van der Waals surface area contributed by atoms with Crippen molar-refractivity contribution in [2.24, 2.45) is 5.92 Å². The molecule has 0 aliphatic rings. The fourth-order valence-corrected chi connectivity index (χ4v) is 2.94. The maximum absolute atomic E-state index is 3.49. The summed E-state index contributed by atoms with van der Waals surface area (Å²) >= 11 is 0.